The van der Waals surface area contributed by atoms with Crippen molar-refractivity contribution < 1.29 is 9.47 Å². The first kappa shape index (κ1) is 45.8. The van der Waals surface area contributed by atoms with E-state index in [0.29, 0.717) is 11.8 Å². The lowest BCUT2D eigenvalue weighted by Gasteiger charge is -2.17. The Labute approximate surface area is 309 Å². The van der Waals surface area contributed by atoms with E-state index in [4.69, 9.17) is 9.47 Å². The standard InChI is InChI=1S/C47H87O2/c1-37(2)18-12-20-39(5)22-14-24-41(7)26-16-28-43(9)30-32-48-46-34-45(11)35-47(36-46)49-33-31-44(10)29-17-27-42(8)25-15-23-40(6)21-13-19-38(3)4/h34-44H,11-33H2,1-10H3. The third-order valence-corrected chi connectivity index (χ3v) is 11.2. The molecule has 0 amide bonds. The highest BCUT2D eigenvalue weighted by atomic mass is 16.5. The molecule has 0 spiro atoms. The molecule has 0 aliphatic carbocycles. The zero-order chi connectivity index (χ0) is 36.4. The van der Waals surface area contributed by atoms with Gasteiger partial charge in [0.15, 0.2) is 0 Å². The average molecular weight is 684 g/mol. The van der Waals surface area contributed by atoms with Crippen molar-refractivity contribution in [2.24, 2.45) is 47.3 Å². The van der Waals surface area contributed by atoms with Crippen LogP contribution in [-0.4, -0.2) is 13.2 Å². The summed E-state index contributed by atoms with van der Waals surface area (Å²) in [7, 11) is 0. The van der Waals surface area contributed by atoms with E-state index in [2.05, 4.69) is 82.2 Å². The number of hydrogen-bond donors (Lipinski definition) is 0. The predicted molar refractivity (Wildman–Crippen MR) is 219 cm³/mol. The monoisotopic (exact) mass is 684 g/mol. The molecule has 6 atom stereocenters. The van der Waals surface area contributed by atoms with E-state index in [1.54, 1.807) is 0 Å². The summed E-state index contributed by atoms with van der Waals surface area (Å²) in [5.41, 5.74) is 0.964. The Hall–Kier alpha value is -1.18. The molecule has 49 heavy (non-hydrogen) atoms. The molecule has 0 saturated carbocycles. The fourth-order valence-corrected chi connectivity index (χ4v) is 7.43. The lowest BCUT2D eigenvalue weighted by molar-refractivity contribution is 0.263. The second-order valence-electron chi connectivity index (χ2n) is 18.1. The van der Waals surface area contributed by atoms with Crippen LogP contribution in [0.4, 0.5) is 0 Å². The van der Waals surface area contributed by atoms with Crippen LogP contribution in [0.3, 0.4) is 0 Å². The maximum Gasteiger partial charge on any atom is 0.123 e. The summed E-state index contributed by atoms with van der Waals surface area (Å²) < 4.78 is 12.4. The molecule has 1 aromatic carbocycles. The molecule has 0 bridgehead atoms. The van der Waals surface area contributed by atoms with Crippen LogP contribution in [0, 0.1) is 54.3 Å². The van der Waals surface area contributed by atoms with E-state index in [1.165, 1.54) is 116 Å². The Balaban J connectivity index is 2.16. The molecular formula is C47H87O2. The number of ether oxygens (including phenoxy) is 2. The maximum atomic E-state index is 6.19. The topological polar surface area (TPSA) is 18.5 Å². The van der Waals surface area contributed by atoms with E-state index < -0.39 is 0 Å². The summed E-state index contributed by atoms with van der Waals surface area (Å²) in [5, 5.41) is 0. The SMILES string of the molecule is [CH2]c1cc(OCCC(C)CCCC(C)CCCC(C)CCCC(C)C)cc(OCCC(C)CCCC(C)CCCC(C)CCCC(C)C)c1. The molecule has 0 aliphatic heterocycles. The van der Waals surface area contributed by atoms with Crippen LogP contribution >= 0.6 is 0 Å². The van der Waals surface area contributed by atoms with E-state index in [-0.39, 0.29) is 0 Å². The summed E-state index contributed by atoms with van der Waals surface area (Å²) in [4.78, 5) is 0. The minimum atomic E-state index is 0.699. The first-order valence-corrected chi connectivity index (χ1v) is 21.6. The Morgan fingerprint density at radius 2 is 0.612 bits per heavy atom. The number of hydrogen-bond acceptors (Lipinski definition) is 2. The molecule has 2 heteroatoms. The molecule has 0 N–H and O–H groups in total. The maximum absolute atomic E-state index is 6.19. The number of rotatable bonds is 32. The van der Waals surface area contributed by atoms with E-state index in [9.17, 15) is 0 Å². The summed E-state index contributed by atoms with van der Waals surface area (Å²) in [6.07, 6.45) is 27.1. The highest BCUT2D eigenvalue weighted by Crippen LogP contribution is 2.27. The van der Waals surface area contributed by atoms with Gasteiger partial charge in [-0.25, -0.2) is 0 Å². The minimum absolute atomic E-state index is 0.699. The van der Waals surface area contributed by atoms with Crippen molar-refractivity contribution in [3.05, 3.63) is 30.7 Å². The van der Waals surface area contributed by atoms with Crippen LogP contribution in [0.15, 0.2) is 18.2 Å². The van der Waals surface area contributed by atoms with Crippen molar-refractivity contribution in [2.75, 3.05) is 13.2 Å². The lowest BCUT2D eigenvalue weighted by atomic mass is 9.91. The molecule has 287 valence electrons. The van der Waals surface area contributed by atoms with Gasteiger partial charge in [-0.2, -0.15) is 0 Å². The molecule has 0 aromatic heterocycles. The molecule has 0 aliphatic rings. The van der Waals surface area contributed by atoms with E-state index >= 15 is 0 Å². The fraction of sp³-hybridized carbons (Fsp3) is 0.851. The van der Waals surface area contributed by atoms with Crippen LogP contribution in [0.2, 0.25) is 0 Å². The molecule has 0 saturated heterocycles. The quantitative estimate of drug-likeness (QED) is 0.0752. The lowest BCUT2D eigenvalue weighted by Crippen LogP contribution is -2.07. The summed E-state index contributed by atoms with van der Waals surface area (Å²) in [6, 6.07) is 6.15. The average Bonchev–Trinajstić information content (AvgIpc) is 3.00. The van der Waals surface area contributed by atoms with Crippen LogP contribution in [0.25, 0.3) is 0 Å². The molecule has 1 aromatic rings. The fourth-order valence-electron chi connectivity index (χ4n) is 7.43. The van der Waals surface area contributed by atoms with Gasteiger partial charge in [0.2, 0.25) is 0 Å². The van der Waals surface area contributed by atoms with Crippen LogP contribution < -0.4 is 9.47 Å². The van der Waals surface area contributed by atoms with Gasteiger partial charge in [0.1, 0.15) is 11.5 Å². The smallest absolute Gasteiger partial charge is 0.123 e. The normalized spacial score (nSPS) is 15.7. The third-order valence-electron chi connectivity index (χ3n) is 11.2. The molecule has 2 nitrogen and oxygen atoms in total. The molecule has 0 fully saturated rings. The highest BCUT2D eigenvalue weighted by Gasteiger charge is 2.11. The van der Waals surface area contributed by atoms with Crippen molar-refractivity contribution in [3.63, 3.8) is 0 Å². The van der Waals surface area contributed by atoms with Gasteiger partial charge in [0, 0.05) is 6.07 Å². The molecule has 1 rings (SSSR count). The van der Waals surface area contributed by atoms with Crippen molar-refractivity contribution in [2.45, 2.75) is 198 Å². The van der Waals surface area contributed by atoms with Crippen LogP contribution in [-0.2, 0) is 0 Å². The Bertz CT molecular complexity index is 822. The Morgan fingerprint density at radius 1 is 0.367 bits per heavy atom. The zero-order valence-electron chi connectivity index (χ0n) is 34.9. The van der Waals surface area contributed by atoms with E-state index in [0.717, 1.165) is 78.6 Å². The number of benzene rings is 1. The molecule has 0 heterocycles. The van der Waals surface area contributed by atoms with Crippen LogP contribution in [0.5, 0.6) is 11.5 Å². The second-order valence-corrected chi connectivity index (χ2v) is 18.1. The van der Waals surface area contributed by atoms with Gasteiger partial charge in [0.05, 0.1) is 13.2 Å². The van der Waals surface area contributed by atoms with Gasteiger partial charge in [-0.15, -0.1) is 0 Å². The molecule has 6 unspecified atom stereocenters. The predicted octanol–water partition coefficient (Wildman–Crippen LogP) is 15.6. The van der Waals surface area contributed by atoms with Gasteiger partial charge in [0.25, 0.3) is 0 Å². The van der Waals surface area contributed by atoms with Gasteiger partial charge in [-0.3, -0.25) is 0 Å². The van der Waals surface area contributed by atoms with E-state index in [1.807, 2.05) is 12.1 Å². The van der Waals surface area contributed by atoms with Gasteiger partial charge < -0.3 is 9.47 Å². The second kappa shape index (κ2) is 28.4. The van der Waals surface area contributed by atoms with Gasteiger partial charge in [-0.1, -0.05) is 185 Å². The molecular weight excluding hydrogens is 597 g/mol. The van der Waals surface area contributed by atoms with Gasteiger partial charge >= 0.3 is 0 Å². The Kier molecular flexibility index (Phi) is 26.6. The largest absolute Gasteiger partial charge is 0.493 e. The molecule has 1 radical (unpaired) electrons. The third kappa shape index (κ3) is 27.2. The summed E-state index contributed by atoms with van der Waals surface area (Å²) >= 11 is 0. The van der Waals surface area contributed by atoms with Crippen molar-refractivity contribution in [1.29, 1.82) is 0 Å². The zero-order valence-corrected chi connectivity index (χ0v) is 34.9. The Morgan fingerprint density at radius 3 is 0.878 bits per heavy atom. The first-order chi connectivity index (χ1) is 23.3. The minimum Gasteiger partial charge on any atom is -0.493 e. The van der Waals surface area contributed by atoms with Crippen molar-refractivity contribution in [3.8, 4) is 11.5 Å². The summed E-state index contributed by atoms with van der Waals surface area (Å²) in [5.74, 6) is 8.40. The van der Waals surface area contributed by atoms with Crippen molar-refractivity contribution in [1.82, 2.24) is 0 Å². The summed E-state index contributed by atoms with van der Waals surface area (Å²) in [6.45, 7) is 29.7. The van der Waals surface area contributed by atoms with Gasteiger partial charge in [-0.05, 0) is 84.8 Å². The first-order valence-electron chi connectivity index (χ1n) is 21.6. The van der Waals surface area contributed by atoms with Crippen LogP contribution in [0.1, 0.15) is 203 Å². The van der Waals surface area contributed by atoms with Crippen molar-refractivity contribution >= 4 is 0 Å². The highest BCUT2D eigenvalue weighted by molar-refractivity contribution is 5.39.